The molecule has 2 aromatic rings. The number of imidazole rings is 1. The molecule has 2 rings (SSSR count). The number of hydrogen-bond acceptors (Lipinski definition) is 6. The summed E-state index contributed by atoms with van der Waals surface area (Å²) in [5.74, 6) is -0.451. The fraction of sp³-hybridized carbons (Fsp3) is 0.353. The minimum atomic E-state index is -0.270. The molecule has 0 saturated carbocycles. The van der Waals surface area contributed by atoms with Crippen molar-refractivity contribution in [3.8, 4) is 0 Å². The average Bonchev–Trinajstić information content (AvgIpc) is 3.05. The van der Waals surface area contributed by atoms with Crippen LogP contribution >= 0.6 is 35.0 Å². The minimum Gasteiger partial charge on any atom is -0.390 e. The summed E-state index contributed by atoms with van der Waals surface area (Å²) < 4.78 is 6.45. The van der Waals surface area contributed by atoms with Crippen LogP contribution in [0.3, 0.4) is 0 Å². The highest BCUT2D eigenvalue weighted by molar-refractivity contribution is 7.99. The number of amides is 2. The van der Waals surface area contributed by atoms with Gasteiger partial charge in [0.05, 0.1) is 40.9 Å². The van der Waals surface area contributed by atoms with Crippen LogP contribution in [0, 0.1) is 0 Å². The number of anilines is 1. The molecular weight excluding hydrogens is 427 g/mol. The fourth-order valence-corrected chi connectivity index (χ4v) is 3.29. The van der Waals surface area contributed by atoms with E-state index in [1.54, 1.807) is 29.9 Å². The molecule has 0 aliphatic heterocycles. The summed E-state index contributed by atoms with van der Waals surface area (Å²) in [6, 6.07) is 4.79. The van der Waals surface area contributed by atoms with Crippen LogP contribution in [0.15, 0.2) is 29.6 Å². The first kappa shape index (κ1) is 22.5. The molecule has 0 saturated heterocycles. The van der Waals surface area contributed by atoms with E-state index in [0.29, 0.717) is 39.7 Å². The maximum Gasteiger partial charge on any atom is 0.240 e. The second kappa shape index (κ2) is 11.3. The van der Waals surface area contributed by atoms with E-state index in [2.05, 4.69) is 15.6 Å². The lowest BCUT2D eigenvalue weighted by Gasteiger charge is -2.11. The van der Waals surface area contributed by atoms with E-state index >= 15 is 0 Å². The molecule has 8 nitrogen and oxygen atoms in total. The van der Waals surface area contributed by atoms with Crippen molar-refractivity contribution in [1.29, 1.82) is 0 Å². The normalized spacial score (nSPS) is 10.7. The van der Waals surface area contributed by atoms with Crippen LogP contribution in [0.4, 0.5) is 5.69 Å². The summed E-state index contributed by atoms with van der Waals surface area (Å²) in [5.41, 5.74) is 1.01. The van der Waals surface area contributed by atoms with E-state index in [9.17, 15) is 14.7 Å². The van der Waals surface area contributed by atoms with Gasteiger partial charge in [0.2, 0.25) is 11.8 Å². The van der Waals surface area contributed by atoms with Crippen molar-refractivity contribution in [3.63, 3.8) is 0 Å². The van der Waals surface area contributed by atoms with E-state index in [4.69, 9.17) is 27.9 Å². The molecule has 0 atom stereocenters. The van der Waals surface area contributed by atoms with Gasteiger partial charge in [-0.15, -0.1) is 0 Å². The quantitative estimate of drug-likeness (QED) is 0.381. The van der Waals surface area contributed by atoms with E-state index in [1.165, 1.54) is 6.20 Å². The van der Waals surface area contributed by atoms with Crippen molar-refractivity contribution in [2.75, 3.05) is 31.3 Å². The summed E-state index contributed by atoms with van der Waals surface area (Å²) in [7, 11) is 1.55. The number of thioether (sulfide) groups is 1. The highest BCUT2D eigenvalue weighted by Gasteiger charge is 2.15. The lowest BCUT2D eigenvalue weighted by atomic mass is 10.3. The number of aromatic nitrogens is 2. The van der Waals surface area contributed by atoms with Crippen molar-refractivity contribution < 1.29 is 19.4 Å². The number of benzene rings is 1. The van der Waals surface area contributed by atoms with Gasteiger partial charge in [-0.25, -0.2) is 4.98 Å². The van der Waals surface area contributed by atoms with Crippen molar-refractivity contribution in [3.05, 3.63) is 40.1 Å². The largest absolute Gasteiger partial charge is 0.390 e. The van der Waals surface area contributed by atoms with Gasteiger partial charge in [0.25, 0.3) is 0 Å². The Labute approximate surface area is 176 Å². The molecule has 3 N–H and O–H groups in total. The standard InChI is InChI=1S/C17H20Cl2N4O4S/c1-27-5-4-20-15(25)8-23-12(9-24)7-21-17(23)28-10-16(26)22-11-2-3-13(18)14(19)6-11/h2-3,6-7,24H,4-5,8-10H2,1H3,(H,20,25)(H,22,26). The zero-order valence-corrected chi connectivity index (χ0v) is 17.4. The number of carbonyl (C=O) groups is 2. The van der Waals surface area contributed by atoms with E-state index in [1.807, 2.05) is 0 Å². The lowest BCUT2D eigenvalue weighted by Crippen LogP contribution is -2.31. The SMILES string of the molecule is COCCNC(=O)Cn1c(CO)cnc1SCC(=O)Nc1ccc(Cl)c(Cl)c1. The van der Waals surface area contributed by atoms with Gasteiger partial charge < -0.3 is 25.0 Å². The second-order valence-corrected chi connectivity index (χ2v) is 7.34. The summed E-state index contributed by atoms with van der Waals surface area (Å²) in [4.78, 5) is 28.4. The topological polar surface area (TPSA) is 105 Å². The van der Waals surface area contributed by atoms with Crippen LogP contribution in [-0.2, 0) is 27.5 Å². The summed E-state index contributed by atoms with van der Waals surface area (Å²) in [6.07, 6.45) is 1.47. The molecule has 0 radical (unpaired) electrons. The molecule has 0 spiro atoms. The molecule has 1 aromatic heterocycles. The van der Waals surface area contributed by atoms with Crippen LogP contribution < -0.4 is 10.6 Å². The van der Waals surface area contributed by atoms with E-state index in [0.717, 1.165) is 11.8 Å². The van der Waals surface area contributed by atoms with Gasteiger partial charge in [-0.1, -0.05) is 35.0 Å². The number of halogens is 2. The summed E-state index contributed by atoms with van der Waals surface area (Å²) >= 11 is 12.9. The smallest absolute Gasteiger partial charge is 0.240 e. The molecule has 0 bridgehead atoms. The number of ether oxygens (including phenoxy) is 1. The Kier molecular flexibility index (Phi) is 9.07. The second-order valence-electron chi connectivity index (χ2n) is 5.58. The van der Waals surface area contributed by atoms with Gasteiger partial charge in [-0.3, -0.25) is 9.59 Å². The Morgan fingerprint density at radius 1 is 1.29 bits per heavy atom. The first-order valence-corrected chi connectivity index (χ1v) is 9.97. The van der Waals surface area contributed by atoms with Crippen LogP contribution in [0.1, 0.15) is 5.69 Å². The van der Waals surface area contributed by atoms with Gasteiger partial charge in [-0.05, 0) is 18.2 Å². The number of hydrogen-bond donors (Lipinski definition) is 3. The number of aliphatic hydroxyl groups is 1. The van der Waals surface area contributed by atoms with Gasteiger partial charge in [0.1, 0.15) is 6.54 Å². The van der Waals surface area contributed by atoms with Crippen molar-refractivity contribution in [1.82, 2.24) is 14.9 Å². The van der Waals surface area contributed by atoms with Crippen LogP contribution in [0.25, 0.3) is 0 Å². The molecule has 28 heavy (non-hydrogen) atoms. The van der Waals surface area contributed by atoms with Crippen molar-refractivity contribution in [2.24, 2.45) is 0 Å². The molecule has 1 aromatic carbocycles. The zero-order chi connectivity index (χ0) is 20.5. The van der Waals surface area contributed by atoms with Crippen LogP contribution in [0.2, 0.25) is 10.0 Å². The Hall–Kier alpha value is -1.78. The van der Waals surface area contributed by atoms with Crippen LogP contribution in [0.5, 0.6) is 0 Å². The number of nitrogens with one attached hydrogen (secondary N) is 2. The highest BCUT2D eigenvalue weighted by Crippen LogP contribution is 2.25. The maximum absolute atomic E-state index is 12.2. The monoisotopic (exact) mass is 446 g/mol. The molecule has 0 aliphatic rings. The van der Waals surface area contributed by atoms with Gasteiger partial charge in [0, 0.05) is 19.3 Å². The number of carbonyl (C=O) groups excluding carboxylic acids is 2. The predicted octanol–water partition coefficient (Wildman–Crippen LogP) is 2.18. The number of nitrogens with zero attached hydrogens (tertiary/aromatic N) is 2. The third kappa shape index (κ3) is 6.68. The van der Waals surface area contributed by atoms with E-state index in [-0.39, 0.29) is 30.7 Å². The van der Waals surface area contributed by atoms with E-state index < -0.39 is 0 Å². The maximum atomic E-state index is 12.2. The molecule has 11 heteroatoms. The first-order chi connectivity index (χ1) is 13.4. The molecule has 0 unspecified atom stereocenters. The predicted molar refractivity (Wildman–Crippen MR) is 109 cm³/mol. The molecule has 0 fully saturated rings. The molecular formula is C17H20Cl2N4O4S. The minimum absolute atomic E-state index is 0.0175. The third-order valence-electron chi connectivity index (χ3n) is 3.53. The lowest BCUT2D eigenvalue weighted by molar-refractivity contribution is -0.122. The highest BCUT2D eigenvalue weighted by atomic mass is 35.5. The zero-order valence-electron chi connectivity index (χ0n) is 15.1. The Balaban J connectivity index is 1.95. The summed E-state index contributed by atoms with van der Waals surface area (Å²) in [5, 5.41) is 16.1. The third-order valence-corrected chi connectivity index (χ3v) is 5.26. The first-order valence-electron chi connectivity index (χ1n) is 8.23. The Morgan fingerprint density at radius 3 is 2.75 bits per heavy atom. The number of rotatable bonds is 10. The molecule has 1 heterocycles. The molecule has 2 amide bonds. The summed E-state index contributed by atoms with van der Waals surface area (Å²) in [6.45, 7) is 0.497. The number of methoxy groups -OCH3 is 1. The van der Waals surface area contributed by atoms with Gasteiger partial charge >= 0.3 is 0 Å². The Bertz CT molecular complexity index is 831. The van der Waals surface area contributed by atoms with Crippen molar-refractivity contribution in [2.45, 2.75) is 18.3 Å². The Morgan fingerprint density at radius 2 is 2.07 bits per heavy atom. The molecule has 0 aliphatic carbocycles. The van der Waals surface area contributed by atoms with Gasteiger partial charge in [0.15, 0.2) is 5.16 Å². The number of aliphatic hydroxyl groups excluding tert-OH is 1. The fourth-order valence-electron chi connectivity index (χ4n) is 2.20. The van der Waals surface area contributed by atoms with Crippen LogP contribution in [-0.4, -0.2) is 52.5 Å². The molecule has 152 valence electrons. The van der Waals surface area contributed by atoms with Crippen molar-refractivity contribution >= 4 is 52.5 Å². The average molecular weight is 447 g/mol. The van der Waals surface area contributed by atoms with Gasteiger partial charge in [-0.2, -0.15) is 0 Å².